The Balaban J connectivity index is 2.16. The molecule has 0 aromatic carbocycles. The lowest BCUT2D eigenvalue weighted by Crippen LogP contribution is -2.38. The van der Waals surface area contributed by atoms with Gasteiger partial charge in [-0.1, -0.05) is 13.8 Å². The van der Waals surface area contributed by atoms with Crippen molar-refractivity contribution in [1.29, 1.82) is 0 Å². The molecule has 0 N–H and O–H groups in total. The lowest BCUT2D eigenvalue weighted by Gasteiger charge is -2.27. The van der Waals surface area contributed by atoms with E-state index in [1.807, 2.05) is 17.0 Å². The zero-order valence-corrected chi connectivity index (χ0v) is 9.89. The van der Waals surface area contributed by atoms with Crippen LogP contribution in [0.2, 0.25) is 0 Å². The molecular formula is C13H18N2O. The highest BCUT2D eigenvalue weighted by Crippen LogP contribution is 2.25. The topological polar surface area (TPSA) is 33.2 Å². The number of pyridine rings is 1. The number of hydrogen-bond donors (Lipinski definition) is 0. The van der Waals surface area contributed by atoms with E-state index in [1.165, 1.54) is 0 Å². The van der Waals surface area contributed by atoms with Gasteiger partial charge in [0.15, 0.2) is 0 Å². The van der Waals surface area contributed by atoms with Gasteiger partial charge in [-0.2, -0.15) is 0 Å². The van der Waals surface area contributed by atoms with E-state index >= 15 is 0 Å². The lowest BCUT2D eigenvalue weighted by atomic mass is 10.0. The Hall–Kier alpha value is -1.38. The number of carbonyl (C=O) groups is 1. The molecule has 1 aromatic rings. The van der Waals surface area contributed by atoms with E-state index in [0.29, 0.717) is 17.5 Å². The summed E-state index contributed by atoms with van der Waals surface area (Å²) in [7, 11) is 0. The van der Waals surface area contributed by atoms with Crippen LogP contribution in [0.1, 0.15) is 37.0 Å². The summed E-state index contributed by atoms with van der Waals surface area (Å²) >= 11 is 0. The molecule has 3 heteroatoms. The van der Waals surface area contributed by atoms with E-state index in [4.69, 9.17) is 0 Å². The van der Waals surface area contributed by atoms with Crippen molar-refractivity contribution < 1.29 is 4.79 Å². The lowest BCUT2D eigenvalue weighted by molar-refractivity contribution is 0.0701. The Morgan fingerprint density at radius 3 is 3.00 bits per heavy atom. The third-order valence-electron chi connectivity index (χ3n) is 3.24. The predicted octanol–water partition coefficient (Wildman–Crippen LogP) is 2.34. The maximum absolute atomic E-state index is 12.2. The molecule has 1 aliphatic rings. The van der Waals surface area contributed by atoms with Crippen LogP contribution in [0.15, 0.2) is 24.5 Å². The smallest absolute Gasteiger partial charge is 0.255 e. The van der Waals surface area contributed by atoms with Crippen LogP contribution in [0.3, 0.4) is 0 Å². The van der Waals surface area contributed by atoms with E-state index in [-0.39, 0.29) is 5.91 Å². The highest BCUT2D eigenvalue weighted by molar-refractivity contribution is 5.94. The second-order valence-electron chi connectivity index (χ2n) is 4.69. The molecule has 16 heavy (non-hydrogen) atoms. The molecule has 0 aliphatic carbocycles. The number of carbonyl (C=O) groups excluding carboxylic acids is 1. The fourth-order valence-corrected chi connectivity index (χ4v) is 2.39. The van der Waals surface area contributed by atoms with Gasteiger partial charge in [-0.05, 0) is 30.9 Å². The molecule has 1 atom stereocenters. The van der Waals surface area contributed by atoms with Gasteiger partial charge in [0, 0.05) is 25.0 Å². The van der Waals surface area contributed by atoms with Crippen LogP contribution < -0.4 is 0 Å². The van der Waals surface area contributed by atoms with Crippen LogP contribution in [0.4, 0.5) is 0 Å². The normalized spacial score (nSPS) is 20.4. The van der Waals surface area contributed by atoms with Gasteiger partial charge in [0.2, 0.25) is 0 Å². The minimum absolute atomic E-state index is 0.129. The number of nitrogens with zero attached hydrogens (tertiary/aromatic N) is 2. The summed E-state index contributed by atoms with van der Waals surface area (Å²) in [5, 5.41) is 0. The van der Waals surface area contributed by atoms with Gasteiger partial charge < -0.3 is 4.90 Å². The van der Waals surface area contributed by atoms with Crippen LogP contribution in [0.25, 0.3) is 0 Å². The molecule has 2 rings (SSSR count). The summed E-state index contributed by atoms with van der Waals surface area (Å²) in [6, 6.07) is 4.05. The zero-order valence-electron chi connectivity index (χ0n) is 9.89. The Morgan fingerprint density at radius 2 is 2.38 bits per heavy atom. The first-order valence-electron chi connectivity index (χ1n) is 5.91. The first kappa shape index (κ1) is 11.1. The molecule has 1 unspecified atom stereocenters. The summed E-state index contributed by atoms with van der Waals surface area (Å²) in [4.78, 5) is 18.2. The molecule has 1 aliphatic heterocycles. The van der Waals surface area contributed by atoms with Gasteiger partial charge in [-0.15, -0.1) is 0 Å². The van der Waals surface area contributed by atoms with Gasteiger partial charge in [-0.25, -0.2) is 0 Å². The van der Waals surface area contributed by atoms with E-state index in [0.717, 1.165) is 19.4 Å². The van der Waals surface area contributed by atoms with Crippen molar-refractivity contribution in [2.75, 3.05) is 6.54 Å². The zero-order chi connectivity index (χ0) is 11.5. The Morgan fingerprint density at radius 1 is 1.56 bits per heavy atom. The molecule has 1 fully saturated rings. The van der Waals surface area contributed by atoms with Crippen molar-refractivity contribution in [3.05, 3.63) is 30.1 Å². The number of amides is 1. The van der Waals surface area contributed by atoms with Crippen LogP contribution in [-0.4, -0.2) is 28.4 Å². The third-order valence-corrected chi connectivity index (χ3v) is 3.24. The maximum atomic E-state index is 12.2. The van der Waals surface area contributed by atoms with E-state index in [2.05, 4.69) is 18.8 Å². The molecule has 1 aromatic heterocycles. The van der Waals surface area contributed by atoms with Crippen LogP contribution in [0.5, 0.6) is 0 Å². The highest BCUT2D eigenvalue weighted by Gasteiger charge is 2.31. The number of aromatic nitrogens is 1. The molecule has 0 saturated carbocycles. The van der Waals surface area contributed by atoms with Crippen molar-refractivity contribution in [2.45, 2.75) is 32.7 Å². The van der Waals surface area contributed by atoms with Crippen molar-refractivity contribution in [3.63, 3.8) is 0 Å². The quantitative estimate of drug-likeness (QED) is 0.763. The third kappa shape index (κ3) is 2.08. The molecule has 0 spiro atoms. The summed E-state index contributed by atoms with van der Waals surface area (Å²) in [6.07, 6.45) is 5.59. The number of rotatable bonds is 2. The molecule has 1 amide bonds. The summed E-state index contributed by atoms with van der Waals surface area (Å²) < 4.78 is 0. The Labute approximate surface area is 96.5 Å². The minimum atomic E-state index is 0.129. The summed E-state index contributed by atoms with van der Waals surface area (Å²) in [6.45, 7) is 5.25. The van der Waals surface area contributed by atoms with E-state index in [1.54, 1.807) is 12.4 Å². The fourth-order valence-electron chi connectivity index (χ4n) is 2.39. The largest absolute Gasteiger partial charge is 0.335 e. The SMILES string of the molecule is CC(C)C1CCCN1C(=O)c1cccnc1. The van der Waals surface area contributed by atoms with E-state index in [9.17, 15) is 4.79 Å². The van der Waals surface area contributed by atoms with Gasteiger partial charge in [0.25, 0.3) is 5.91 Å². The first-order valence-corrected chi connectivity index (χ1v) is 5.91. The van der Waals surface area contributed by atoms with Crippen molar-refractivity contribution >= 4 is 5.91 Å². The van der Waals surface area contributed by atoms with Crippen LogP contribution in [-0.2, 0) is 0 Å². The van der Waals surface area contributed by atoms with Crippen molar-refractivity contribution in [2.24, 2.45) is 5.92 Å². The van der Waals surface area contributed by atoms with E-state index < -0.39 is 0 Å². The monoisotopic (exact) mass is 218 g/mol. The minimum Gasteiger partial charge on any atom is -0.335 e. The van der Waals surface area contributed by atoms with Gasteiger partial charge in [0.1, 0.15) is 0 Å². The number of likely N-dealkylation sites (tertiary alicyclic amines) is 1. The molecule has 1 saturated heterocycles. The second-order valence-corrected chi connectivity index (χ2v) is 4.69. The molecular weight excluding hydrogens is 200 g/mol. The fraction of sp³-hybridized carbons (Fsp3) is 0.538. The Bertz CT molecular complexity index is 361. The number of hydrogen-bond acceptors (Lipinski definition) is 2. The van der Waals surface area contributed by atoms with Gasteiger partial charge >= 0.3 is 0 Å². The van der Waals surface area contributed by atoms with Crippen molar-refractivity contribution in [3.8, 4) is 0 Å². The summed E-state index contributed by atoms with van der Waals surface area (Å²) in [5.74, 6) is 0.660. The predicted molar refractivity (Wildman–Crippen MR) is 63.1 cm³/mol. The second kappa shape index (κ2) is 4.64. The average Bonchev–Trinajstić information content (AvgIpc) is 2.78. The average molecular weight is 218 g/mol. The maximum Gasteiger partial charge on any atom is 0.255 e. The first-order chi connectivity index (χ1) is 7.70. The van der Waals surface area contributed by atoms with Gasteiger partial charge in [-0.3, -0.25) is 9.78 Å². The van der Waals surface area contributed by atoms with Crippen LogP contribution >= 0.6 is 0 Å². The van der Waals surface area contributed by atoms with Gasteiger partial charge in [0.05, 0.1) is 5.56 Å². The summed E-state index contributed by atoms with van der Waals surface area (Å²) in [5.41, 5.74) is 0.704. The highest BCUT2D eigenvalue weighted by atomic mass is 16.2. The molecule has 86 valence electrons. The standard InChI is InChI=1S/C13H18N2O/c1-10(2)12-6-4-8-15(12)13(16)11-5-3-7-14-9-11/h3,5,7,9-10,12H,4,6,8H2,1-2H3. The molecule has 0 radical (unpaired) electrons. The molecule has 0 bridgehead atoms. The molecule has 3 nitrogen and oxygen atoms in total. The van der Waals surface area contributed by atoms with Crippen molar-refractivity contribution in [1.82, 2.24) is 9.88 Å². The Kier molecular flexibility index (Phi) is 3.22. The molecule has 2 heterocycles. The van der Waals surface area contributed by atoms with Crippen LogP contribution in [0, 0.1) is 5.92 Å².